The van der Waals surface area contributed by atoms with Crippen molar-refractivity contribution in [3.05, 3.63) is 34.1 Å². The fraction of sp³-hybridized carbons (Fsp3) is 0.364. The Kier molecular flexibility index (Phi) is 3.47. The molecule has 96 valence electrons. The number of rotatable bonds is 3. The van der Waals surface area contributed by atoms with Crippen molar-refractivity contribution in [1.82, 2.24) is 0 Å². The van der Waals surface area contributed by atoms with Crippen molar-refractivity contribution in [2.24, 2.45) is 5.92 Å². The van der Waals surface area contributed by atoms with Crippen LogP contribution in [0.5, 0.6) is 0 Å². The van der Waals surface area contributed by atoms with E-state index in [0.717, 1.165) is 12.1 Å². The molecule has 1 amide bonds. The van der Waals surface area contributed by atoms with Gasteiger partial charge < -0.3 is 4.90 Å². The maximum atomic E-state index is 13.3. The average molecular weight is 273 g/mol. The topological polar surface area (TPSA) is 63.5 Å². The van der Waals surface area contributed by atoms with Gasteiger partial charge in [0.2, 0.25) is 5.91 Å². The van der Waals surface area contributed by atoms with Crippen molar-refractivity contribution in [2.75, 3.05) is 17.3 Å². The Labute approximate surface area is 107 Å². The monoisotopic (exact) mass is 272 g/mol. The maximum Gasteiger partial charge on any atom is 0.274 e. The molecule has 2 rings (SSSR count). The molecule has 1 aromatic rings. The number of hydrogen-bond acceptors (Lipinski definition) is 3. The Morgan fingerprint density at radius 2 is 2.22 bits per heavy atom. The van der Waals surface area contributed by atoms with E-state index in [0.29, 0.717) is 12.4 Å². The summed E-state index contributed by atoms with van der Waals surface area (Å²) in [6.45, 7) is 0.364. The molecule has 1 unspecified atom stereocenters. The summed E-state index contributed by atoms with van der Waals surface area (Å²) in [7, 11) is 0. The Morgan fingerprint density at radius 3 is 2.78 bits per heavy atom. The zero-order valence-corrected chi connectivity index (χ0v) is 10.1. The number of halogens is 2. The van der Waals surface area contributed by atoms with Gasteiger partial charge in [-0.3, -0.25) is 14.9 Å². The minimum atomic E-state index is -0.735. The molecule has 0 spiro atoms. The van der Waals surface area contributed by atoms with E-state index in [1.165, 1.54) is 11.0 Å². The Morgan fingerprint density at radius 1 is 1.50 bits per heavy atom. The van der Waals surface area contributed by atoms with Gasteiger partial charge in [0, 0.05) is 24.9 Å². The normalized spacial score (nSPS) is 19.3. The van der Waals surface area contributed by atoms with Crippen LogP contribution < -0.4 is 4.90 Å². The molecule has 1 atom stereocenters. The molecule has 0 aliphatic carbocycles. The third-order valence-corrected chi connectivity index (χ3v) is 3.25. The highest BCUT2D eigenvalue weighted by molar-refractivity contribution is 6.18. The van der Waals surface area contributed by atoms with Crippen LogP contribution in [0.2, 0.25) is 0 Å². The molecular weight excluding hydrogens is 263 g/mol. The van der Waals surface area contributed by atoms with E-state index in [-0.39, 0.29) is 29.6 Å². The third-order valence-electron chi connectivity index (χ3n) is 2.81. The van der Waals surface area contributed by atoms with Gasteiger partial charge >= 0.3 is 0 Å². The molecular formula is C11H10ClFN2O3. The van der Waals surface area contributed by atoms with Gasteiger partial charge in [0.15, 0.2) is 0 Å². The fourth-order valence-corrected chi connectivity index (χ4v) is 2.16. The second-order valence-electron chi connectivity index (χ2n) is 4.15. The van der Waals surface area contributed by atoms with Gasteiger partial charge in [0.25, 0.3) is 5.69 Å². The van der Waals surface area contributed by atoms with Crippen LogP contribution in [0.25, 0.3) is 0 Å². The second-order valence-corrected chi connectivity index (χ2v) is 4.46. The van der Waals surface area contributed by atoms with Gasteiger partial charge in [0.1, 0.15) is 5.82 Å². The summed E-state index contributed by atoms with van der Waals surface area (Å²) in [5.41, 5.74) is -0.161. The lowest BCUT2D eigenvalue weighted by atomic mass is 10.1. The summed E-state index contributed by atoms with van der Waals surface area (Å²) < 4.78 is 13.3. The highest BCUT2D eigenvalue weighted by Crippen LogP contribution is 2.29. The Hall–Kier alpha value is -1.69. The van der Waals surface area contributed by atoms with E-state index < -0.39 is 10.7 Å². The summed E-state index contributed by atoms with van der Waals surface area (Å²) in [6, 6.07) is 3.13. The van der Waals surface area contributed by atoms with Gasteiger partial charge in [-0.1, -0.05) is 0 Å². The lowest BCUT2D eigenvalue weighted by Crippen LogP contribution is -2.24. The fourth-order valence-electron chi connectivity index (χ4n) is 1.95. The van der Waals surface area contributed by atoms with Gasteiger partial charge in [0.05, 0.1) is 16.7 Å². The summed E-state index contributed by atoms with van der Waals surface area (Å²) in [4.78, 5) is 23.0. The second kappa shape index (κ2) is 4.89. The van der Waals surface area contributed by atoms with E-state index in [4.69, 9.17) is 11.6 Å². The first-order chi connectivity index (χ1) is 8.51. The van der Waals surface area contributed by atoms with Crippen LogP contribution in [0, 0.1) is 21.8 Å². The summed E-state index contributed by atoms with van der Waals surface area (Å²) in [6.07, 6.45) is 0.286. The van der Waals surface area contributed by atoms with Gasteiger partial charge in [-0.25, -0.2) is 4.39 Å². The molecule has 7 heteroatoms. The number of anilines is 1. The van der Waals surface area contributed by atoms with E-state index in [1.807, 2.05) is 0 Å². The van der Waals surface area contributed by atoms with Gasteiger partial charge in [-0.2, -0.15) is 0 Å². The molecule has 1 aliphatic heterocycles. The van der Waals surface area contributed by atoms with Crippen molar-refractivity contribution < 1.29 is 14.1 Å². The van der Waals surface area contributed by atoms with Crippen molar-refractivity contribution >= 4 is 28.9 Å². The molecule has 1 saturated heterocycles. The predicted octanol–water partition coefficient (Wildman–Crippen LogP) is 2.33. The Balaban J connectivity index is 2.34. The van der Waals surface area contributed by atoms with Crippen LogP contribution in [0.15, 0.2) is 18.2 Å². The number of nitro groups is 1. The van der Waals surface area contributed by atoms with E-state index in [2.05, 4.69) is 0 Å². The zero-order chi connectivity index (χ0) is 13.3. The Bertz CT molecular complexity index is 509. The van der Waals surface area contributed by atoms with Crippen molar-refractivity contribution in [1.29, 1.82) is 0 Å². The van der Waals surface area contributed by atoms with Gasteiger partial charge in [-0.05, 0) is 12.0 Å². The molecule has 18 heavy (non-hydrogen) atoms. The summed E-state index contributed by atoms with van der Waals surface area (Å²) in [5.74, 6) is -0.594. The quantitative estimate of drug-likeness (QED) is 0.482. The summed E-state index contributed by atoms with van der Waals surface area (Å²) >= 11 is 5.68. The van der Waals surface area contributed by atoms with Gasteiger partial charge in [-0.15, -0.1) is 11.6 Å². The smallest absolute Gasteiger partial charge is 0.274 e. The van der Waals surface area contributed by atoms with Crippen LogP contribution >= 0.6 is 11.6 Å². The number of hydrogen-bond donors (Lipinski definition) is 0. The lowest BCUT2D eigenvalue weighted by molar-refractivity contribution is -0.385. The first-order valence-corrected chi connectivity index (χ1v) is 5.86. The first kappa shape index (κ1) is 12.8. The van der Waals surface area contributed by atoms with E-state index in [9.17, 15) is 19.3 Å². The first-order valence-electron chi connectivity index (χ1n) is 5.32. The van der Waals surface area contributed by atoms with Crippen molar-refractivity contribution in [3.63, 3.8) is 0 Å². The molecule has 1 heterocycles. The number of nitrogens with zero attached hydrogens (tertiary/aromatic N) is 2. The number of nitro benzene ring substituents is 1. The third kappa shape index (κ3) is 2.43. The highest BCUT2D eigenvalue weighted by atomic mass is 35.5. The predicted molar refractivity (Wildman–Crippen MR) is 64.2 cm³/mol. The van der Waals surface area contributed by atoms with E-state index in [1.54, 1.807) is 0 Å². The zero-order valence-electron chi connectivity index (χ0n) is 9.31. The number of amides is 1. The summed E-state index contributed by atoms with van der Waals surface area (Å²) in [5, 5.41) is 10.6. The molecule has 0 saturated carbocycles. The van der Waals surface area contributed by atoms with E-state index >= 15 is 0 Å². The molecule has 0 radical (unpaired) electrons. The SMILES string of the molecule is O=C1CC(CCl)CN1c1cc(F)cc([N+](=O)[O-])c1. The number of alkyl halides is 1. The van der Waals surface area contributed by atoms with Crippen LogP contribution in [-0.2, 0) is 4.79 Å². The number of carbonyl (C=O) groups excluding carboxylic acids is 1. The van der Waals surface area contributed by atoms with Crippen molar-refractivity contribution in [2.45, 2.75) is 6.42 Å². The molecule has 1 aliphatic rings. The number of carbonyl (C=O) groups is 1. The van der Waals surface area contributed by atoms with Crippen molar-refractivity contribution in [3.8, 4) is 0 Å². The minimum absolute atomic E-state index is 0.00138. The lowest BCUT2D eigenvalue weighted by Gasteiger charge is -2.16. The number of non-ortho nitro benzene ring substituents is 1. The van der Waals surface area contributed by atoms with Crippen LogP contribution in [0.4, 0.5) is 15.8 Å². The largest absolute Gasteiger partial charge is 0.312 e. The highest BCUT2D eigenvalue weighted by Gasteiger charge is 2.31. The maximum absolute atomic E-state index is 13.3. The minimum Gasteiger partial charge on any atom is -0.312 e. The molecule has 0 aromatic heterocycles. The van der Waals surface area contributed by atoms with Crippen LogP contribution in [-0.4, -0.2) is 23.3 Å². The molecule has 1 aromatic carbocycles. The molecule has 0 bridgehead atoms. The number of benzene rings is 1. The standard InChI is InChI=1S/C11H10ClFN2O3/c12-5-7-1-11(16)14(6-7)9-2-8(13)3-10(4-9)15(17)18/h2-4,7H,1,5-6H2. The van der Waals surface area contributed by atoms with Crippen LogP contribution in [0.1, 0.15) is 6.42 Å². The van der Waals surface area contributed by atoms with Crippen LogP contribution in [0.3, 0.4) is 0 Å². The molecule has 5 nitrogen and oxygen atoms in total. The average Bonchev–Trinajstić information content (AvgIpc) is 2.69. The molecule has 0 N–H and O–H groups in total. The molecule has 1 fully saturated rings.